The van der Waals surface area contributed by atoms with Crippen LogP contribution in [0.5, 0.6) is 0 Å². The van der Waals surface area contributed by atoms with Crippen molar-refractivity contribution in [2.45, 2.75) is 51.4 Å². The quantitative estimate of drug-likeness (QED) is 0.547. The second-order valence-corrected chi connectivity index (χ2v) is 5.36. The van der Waals surface area contributed by atoms with Crippen LogP contribution < -0.4 is 0 Å². The van der Waals surface area contributed by atoms with Crippen molar-refractivity contribution in [3.63, 3.8) is 0 Å². The van der Waals surface area contributed by atoms with Crippen LogP contribution in [-0.4, -0.2) is 48.8 Å². The molecular weight excluding hydrogens is 280 g/mol. The highest BCUT2D eigenvalue weighted by molar-refractivity contribution is 5.77. The van der Waals surface area contributed by atoms with Gasteiger partial charge in [-0.05, 0) is 25.7 Å². The normalized spacial score (nSPS) is 9.64. The molecule has 0 fully saturated rings. The van der Waals surface area contributed by atoms with Crippen LogP contribution in [0.25, 0.3) is 0 Å². The van der Waals surface area contributed by atoms with E-state index in [0.29, 0.717) is 38.8 Å². The first-order chi connectivity index (χ1) is 10.5. The van der Waals surface area contributed by atoms with E-state index in [1.807, 2.05) is 0 Å². The standard InChI is InChI=1S/C16H26N4O2/c1-19(15(21)9-5-3-7-11-17)13-14-20(2)16(22)10-6-4-8-12-18/h3-10,13-14H2,1-2H3. The van der Waals surface area contributed by atoms with Gasteiger partial charge in [-0.25, -0.2) is 0 Å². The van der Waals surface area contributed by atoms with E-state index < -0.39 is 0 Å². The molecule has 0 aliphatic carbocycles. The fourth-order valence-corrected chi connectivity index (χ4v) is 1.89. The Morgan fingerprint density at radius 1 is 0.773 bits per heavy atom. The number of carbonyl (C=O) groups excluding carboxylic acids is 2. The van der Waals surface area contributed by atoms with Gasteiger partial charge in [-0.15, -0.1) is 0 Å². The Bertz CT molecular complexity index is 383. The van der Waals surface area contributed by atoms with Gasteiger partial charge in [0.05, 0.1) is 12.1 Å². The van der Waals surface area contributed by atoms with Gasteiger partial charge in [-0.2, -0.15) is 10.5 Å². The third kappa shape index (κ3) is 9.77. The van der Waals surface area contributed by atoms with Crippen molar-refractivity contribution in [1.82, 2.24) is 9.80 Å². The molecule has 0 aromatic carbocycles. The lowest BCUT2D eigenvalue weighted by Gasteiger charge is -2.22. The molecule has 0 atom stereocenters. The van der Waals surface area contributed by atoms with Crippen molar-refractivity contribution in [2.75, 3.05) is 27.2 Å². The zero-order valence-corrected chi connectivity index (χ0v) is 13.7. The van der Waals surface area contributed by atoms with Gasteiger partial charge in [0.25, 0.3) is 0 Å². The summed E-state index contributed by atoms with van der Waals surface area (Å²) in [7, 11) is 3.47. The zero-order chi connectivity index (χ0) is 16.8. The maximum atomic E-state index is 11.8. The van der Waals surface area contributed by atoms with Crippen LogP contribution in [0.4, 0.5) is 0 Å². The van der Waals surface area contributed by atoms with E-state index in [0.717, 1.165) is 25.7 Å². The van der Waals surface area contributed by atoms with Gasteiger partial charge < -0.3 is 9.80 Å². The van der Waals surface area contributed by atoms with E-state index in [1.165, 1.54) is 0 Å². The Labute approximate surface area is 133 Å². The van der Waals surface area contributed by atoms with E-state index in [1.54, 1.807) is 23.9 Å². The van der Waals surface area contributed by atoms with Gasteiger partial charge in [0, 0.05) is 52.9 Å². The summed E-state index contributed by atoms with van der Waals surface area (Å²) in [6.07, 6.45) is 4.82. The van der Waals surface area contributed by atoms with Crippen LogP contribution in [0.1, 0.15) is 51.4 Å². The molecule has 0 heterocycles. The number of nitriles is 2. The SMILES string of the molecule is CN(CCN(C)C(=O)CCCCC#N)C(=O)CCCCC#N. The molecule has 0 radical (unpaired) electrons. The van der Waals surface area contributed by atoms with E-state index in [2.05, 4.69) is 12.1 Å². The van der Waals surface area contributed by atoms with Crippen molar-refractivity contribution in [2.24, 2.45) is 0 Å². The molecule has 0 aliphatic heterocycles. The number of likely N-dealkylation sites (N-methyl/N-ethyl adjacent to an activating group) is 2. The average Bonchev–Trinajstić information content (AvgIpc) is 2.52. The maximum absolute atomic E-state index is 11.8. The van der Waals surface area contributed by atoms with Crippen LogP contribution in [0.2, 0.25) is 0 Å². The first-order valence-corrected chi connectivity index (χ1v) is 7.74. The molecular formula is C16H26N4O2. The second kappa shape index (κ2) is 12.6. The van der Waals surface area contributed by atoms with Crippen molar-refractivity contribution in [3.8, 4) is 12.1 Å². The summed E-state index contributed by atoms with van der Waals surface area (Å²) in [4.78, 5) is 26.9. The molecule has 0 saturated heterocycles. The largest absolute Gasteiger partial charge is 0.344 e. The Balaban J connectivity index is 3.85. The zero-order valence-electron chi connectivity index (χ0n) is 13.7. The summed E-state index contributed by atoms with van der Waals surface area (Å²) < 4.78 is 0. The Hall–Kier alpha value is -2.08. The third-order valence-corrected chi connectivity index (χ3v) is 3.48. The van der Waals surface area contributed by atoms with Gasteiger partial charge in [-0.1, -0.05) is 0 Å². The van der Waals surface area contributed by atoms with Gasteiger partial charge >= 0.3 is 0 Å². The van der Waals surface area contributed by atoms with Gasteiger partial charge in [0.1, 0.15) is 0 Å². The summed E-state index contributed by atoms with van der Waals surface area (Å²) in [5.41, 5.74) is 0. The van der Waals surface area contributed by atoms with Crippen molar-refractivity contribution in [1.29, 1.82) is 10.5 Å². The average molecular weight is 306 g/mol. The molecule has 6 heteroatoms. The highest BCUT2D eigenvalue weighted by Crippen LogP contribution is 2.04. The summed E-state index contributed by atoms with van der Waals surface area (Å²) in [6.45, 7) is 1.02. The third-order valence-electron chi connectivity index (χ3n) is 3.48. The molecule has 122 valence electrons. The Kier molecular flexibility index (Phi) is 11.4. The molecule has 0 spiro atoms. The van der Waals surface area contributed by atoms with Gasteiger partial charge in [0.15, 0.2) is 0 Å². The number of nitrogens with zero attached hydrogens (tertiary/aromatic N) is 4. The molecule has 6 nitrogen and oxygen atoms in total. The molecule has 0 saturated carbocycles. The summed E-state index contributed by atoms with van der Waals surface area (Å²) in [6, 6.07) is 4.12. The molecule has 0 aliphatic rings. The highest BCUT2D eigenvalue weighted by atomic mass is 16.2. The molecule has 0 rings (SSSR count). The Morgan fingerprint density at radius 3 is 1.45 bits per heavy atom. The lowest BCUT2D eigenvalue weighted by Crippen LogP contribution is -2.37. The van der Waals surface area contributed by atoms with Crippen molar-refractivity contribution >= 4 is 11.8 Å². The van der Waals surface area contributed by atoms with E-state index in [4.69, 9.17) is 10.5 Å². The highest BCUT2D eigenvalue weighted by Gasteiger charge is 2.12. The first kappa shape index (κ1) is 19.9. The summed E-state index contributed by atoms with van der Waals surface area (Å²) in [5.74, 6) is 0.0978. The van der Waals surface area contributed by atoms with Crippen LogP contribution in [-0.2, 0) is 9.59 Å². The minimum absolute atomic E-state index is 0.0489. The first-order valence-electron chi connectivity index (χ1n) is 7.74. The number of hydrogen-bond donors (Lipinski definition) is 0. The van der Waals surface area contributed by atoms with Crippen LogP contribution in [0.3, 0.4) is 0 Å². The minimum Gasteiger partial charge on any atom is -0.344 e. The molecule has 22 heavy (non-hydrogen) atoms. The Morgan fingerprint density at radius 2 is 1.14 bits per heavy atom. The topological polar surface area (TPSA) is 88.2 Å². The van der Waals surface area contributed by atoms with E-state index in [-0.39, 0.29) is 11.8 Å². The molecule has 0 aromatic heterocycles. The van der Waals surface area contributed by atoms with Crippen molar-refractivity contribution < 1.29 is 9.59 Å². The number of unbranched alkanes of at least 4 members (excludes halogenated alkanes) is 4. The fourth-order valence-electron chi connectivity index (χ4n) is 1.89. The number of amides is 2. The van der Waals surface area contributed by atoms with Crippen LogP contribution >= 0.6 is 0 Å². The lowest BCUT2D eigenvalue weighted by atomic mass is 10.2. The second-order valence-electron chi connectivity index (χ2n) is 5.36. The van der Waals surface area contributed by atoms with Crippen LogP contribution in [0.15, 0.2) is 0 Å². The molecule has 0 bridgehead atoms. The minimum atomic E-state index is 0.0489. The fraction of sp³-hybridized carbons (Fsp3) is 0.750. The molecule has 0 N–H and O–H groups in total. The number of rotatable bonds is 11. The smallest absolute Gasteiger partial charge is 0.222 e. The lowest BCUT2D eigenvalue weighted by molar-refractivity contribution is -0.133. The maximum Gasteiger partial charge on any atom is 0.222 e. The molecule has 0 unspecified atom stereocenters. The van der Waals surface area contributed by atoms with Gasteiger partial charge in [-0.3, -0.25) is 9.59 Å². The summed E-state index contributed by atoms with van der Waals surface area (Å²) >= 11 is 0. The predicted molar refractivity (Wildman–Crippen MR) is 83.4 cm³/mol. The van der Waals surface area contributed by atoms with Crippen molar-refractivity contribution in [3.05, 3.63) is 0 Å². The van der Waals surface area contributed by atoms with Gasteiger partial charge in [0.2, 0.25) is 11.8 Å². The summed E-state index contributed by atoms with van der Waals surface area (Å²) in [5, 5.41) is 16.9. The van der Waals surface area contributed by atoms with E-state index in [9.17, 15) is 9.59 Å². The molecule has 0 aromatic rings. The predicted octanol–water partition coefficient (Wildman–Crippen LogP) is 2.07. The monoisotopic (exact) mass is 306 g/mol. The number of carbonyl (C=O) groups is 2. The number of hydrogen-bond acceptors (Lipinski definition) is 4. The molecule has 2 amide bonds. The van der Waals surface area contributed by atoms with E-state index >= 15 is 0 Å². The van der Waals surface area contributed by atoms with Crippen LogP contribution in [0, 0.1) is 22.7 Å².